The van der Waals surface area contributed by atoms with E-state index in [0.29, 0.717) is 11.3 Å². The molecule has 9 heteroatoms. The van der Waals surface area contributed by atoms with Gasteiger partial charge in [-0.15, -0.1) is 0 Å². The second-order valence-corrected chi connectivity index (χ2v) is 6.36. The van der Waals surface area contributed by atoms with E-state index >= 15 is 0 Å². The molecule has 0 aliphatic carbocycles. The van der Waals surface area contributed by atoms with Crippen molar-refractivity contribution in [2.24, 2.45) is 5.10 Å². The monoisotopic (exact) mass is 421 g/mol. The summed E-state index contributed by atoms with van der Waals surface area (Å²) in [7, 11) is 1.39. The number of nitro groups is 1. The highest BCUT2D eigenvalue weighted by atomic mass is 16.6. The van der Waals surface area contributed by atoms with Crippen LogP contribution >= 0.6 is 0 Å². The van der Waals surface area contributed by atoms with Gasteiger partial charge in [0, 0.05) is 11.6 Å². The summed E-state index contributed by atoms with van der Waals surface area (Å²) < 4.78 is 11.0. The fraction of sp³-hybridized carbons (Fsp3) is 0.0909. The lowest BCUT2D eigenvalue weighted by Gasteiger charge is -2.12. The number of carbonyl (C=O) groups is 1. The fourth-order valence-electron chi connectivity index (χ4n) is 2.75. The molecule has 3 aromatic carbocycles. The predicted octanol–water partition coefficient (Wildman–Crippen LogP) is 4.33. The number of aromatic carboxylic acids is 1. The van der Waals surface area contributed by atoms with Crippen molar-refractivity contribution >= 4 is 23.6 Å². The summed E-state index contributed by atoms with van der Waals surface area (Å²) in [4.78, 5) is 22.1. The summed E-state index contributed by atoms with van der Waals surface area (Å²) in [6, 6.07) is 18.3. The Bertz CT molecular complexity index is 1120. The second-order valence-electron chi connectivity index (χ2n) is 6.36. The van der Waals surface area contributed by atoms with Gasteiger partial charge >= 0.3 is 11.7 Å². The Kier molecular flexibility index (Phi) is 6.79. The fourth-order valence-corrected chi connectivity index (χ4v) is 2.75. The van der Waals surface area contributed by atoms with Crippen LogP contribution in [0, 0.1) is 10.1 Å². The van der Waals surface area contributed by atoms with Gasteiger partial charge in [0.1, 0.15) is 6.61 Å². The van der Waals surface area contributed by atoms with E-state index in [-0.39, 0.29) is 29.4 Å². The van der Waals surface area contributed by atoms with E-state index in [4.69, 9.17) is 14.6 Å². The maximum absolute atomic E-state index is 11.6. The SMILES string of the molecule is COc1cc(/C=N/Nc2cccc(C(=O)O)c2)cc([N+](=O)[O-])c1OCc1ccccc1. The third-order valence-corrected chi connectivity index (χ3v) is 4.22. The van der Waals surface area contributed by atoms with Crippen LogP contribution in [0.5, 0.6) is 11.5 Å². The number of anilines is 1. The van der Waals surface area contributed by atoms with E-state index in [9.17, 15) is 14.9 Å². The molecule has 0 bridgehead atoms. The summed E-state index contributed by atoms with van der Waals surface area (Å²) >= 11 is 0. The molecule has 0 aliphatic rings. The minimum Gasteiger partial charge on any atom is -0.493 e. The van der Waals surface area contributed by atoms with Gasteiger partial charge in [0.25, 0.3) is 0 Å². The molecule has 0 aromatic heterocycles. The summed E-state index contributed by atoms with van der Waals surface area (Å²) in [5.74, 6) is -0.839. The molecule has 0 heterocycles. The van der Waals surface area contributed by atoms with E-state index in [1.807, 2.05) is 30.3 Å². The van der Waals surface area contributed by atoms with Crippen molar-refractivity contribution in [2.75, 3.05) is 12.5 Å². The first kappa shape index (κ1) is 21.3. The lowest BCUT2D eigenvalue weighted by molar-refractivity contribution is -0.386. The van der Waals surface area contributed by atoms with Gasteiger partial charge in [0.05, 0.1) is 29.5 Å². The van der Waals surface area contributed by atoms with Gasteiger partial charge < -0.3 is 14.6 Å². The molecule has 0 fully saturated rings. The van der Waals surface area contributed by atoms with Crippen molar-refractivity contribution in [3.63, 3.8) is 0 Å². The number of hydrogen-bond acceptors (Lipinski definition) is 7. The Hall–Kier alpha value is -4.40. The lowest BCUT2D eigenvalue weighted by atomic mass is 10.1. The van der Waals surface area contributed by atoms with Crippen LogP contribution < -0.4 is 14.9 Å². The van der Waals surface area contributed by atoms with E-state index in [2.05, 4.69) is 10.5 Å². The van der Waals surface area contributed by atoms with Crippen LogP contribution in [0.4, 0.5) is 11.4 Å². The molecule has 0 saturated carbocycles. The number of rotatable bonds is 9. The topological polar surface area (TPSA) is 123 Å². The van der Waals surface area contributed by atoms with Crippen molar-refractivity contribution < 1.29 is 24.3 Å². The molecule has 0 unspecified atom stereocenters. The predicted molar refractivity (Wildman–Crippen MR) is 115 cm³/mol. The molecule has 158 valence electrons. The van der Waals surface area contributed by atoms with Crippen LogP contribution in [-0.2, 0) is 6.61 Å². The number of hydrogen-bond donors (Lipinski definition) is 2. The van der Waals surface area contributed by atoms with Crippen LogP contribution in [0.1, 0.15) is 21.5 Å². The molecule has 0 radical (unpaired) electrons. The molecule has 0 amide bonds. The molecule has 0 aliphatic heterocycles. The Morgan fingerprint density at radius 2 is 1.94 bits per heavy atom. The zero-order valence-electron chi connectivity index (χ0n) is 16.5. The normalized spacial score (nSPS) is 10.6. The number of carboxylic acid groups (broad SMARTS) is 1. The van der Waals surface area contributed by atoms with Crippen LogP contribution in [0.2, 0.25) is 0 Å². The number of methoxy groups -OCH3 is 1. The highest BCUT2D eigenvalue weighted by Crippen LogP contribution is 2.38. The molecule has 31 heavy (non-hydrogen) atoms. The zero-order valence-corrected chi connectivity index (χ0v) is 16.5. The second kappa shape index (κ2) is 9.88. The minimum atomic E-state index is -1.06. The summed E-state index contributed by atoms with van der Waals surface area (Å²) in [6.45, 7) is 0.146. The quantitative estimate of drug-likeness (QED) is 0.299. The van der Waals surface area contributed by atoms with Gasteiger partial charge in [-0.25, -0.2) is 4.79 Å². The highest BCUT2D eigenvalue weighted by molar-refractivity contribution is 5.89. The Balaban J connectivity index is 1.82. The van der Waals surface area contributed by atoms with Crippen molar-refractivity contribution in [1.82, 2.24) is 0 Å². The van der Waals surface area contributed by atoms with E-state index in [1.165, 1.54) is 31.5 Å². The molecule has 0 atom stereocenters. The van der Waals surface area contributed by atoms with Crippen molar-refractivity contribution in [3.8, 4) is 11.5 Å². The molecule has 0 spiro atoms. The van der Waals surface area contributed by atoms with Crippen LogP contribution in [0.3, 0.4) is 0 Å². The number of benzene rings is 3. The first-order chi connectivity index (χ1) is 15.0. The number of hydrazone groups is 1. The average Bonchev–Trinajstić information content (AvgIpc) is 2.78. The van der Waals surface area contributed by atoms with Gasteiger partial charge in [-0.1, -0.05) is 36.4 Å². The Labute approximate surface area is 177 Å². The number of carboxylic acids is 1. The Morgan fingerprint density at radius 1 is 1.16 bits per heavy atom. The molecule has 2 N–H and O–H groups in total. The maximum atomic E-state index is 11.6. The van der Waals surface area contributed by atoms with Gasteiger partial charge in [0.15, 0.2) is 5.75 Å². The van der Waals surface area contributed by atoms with E-state index < -0.39 is 10.9 Å². The zero-order chi connectivity index (χ0) is 22.2. The molecule has 0 saturated heterocycles. The van der Waals surface area contributed by atoms with Gasteiger partial charge in [-0.2, -0.15) is 5.10 Å². The van der Waals surface area contributed by atoms with Crippen LogP contribution in [0.15, 0.2) is 71.8 Å². The van der Waals surface area contributed by atoms with Crippen molar-refractivity contribution in [3.05, 3.63) is 93.5 Å². The largest absolute Gasteiger partial charge is 0.493 e. The first-order valence-corrected chi connectivity index (χ1v) is 9.13. The summed E-state index contributed by atoms with van der Waals surface area (Å²) in [5, 5.41) is 24.7. The maximum Gasteiger partial charge on any atom is 0.335 e. The van der Waals surface area contributed by atoms with Gasteiger partial charge in [0.2, 0.25) is 5.75 Å². The number of nitrogens with one attached hydrogen (secondary N) is 1. The first-order valence-electron chi connectivity index (χ1n) is 9.13. The third kappa shape index (κ3) is 5.57. The average molecular weight is 421 g/mol. The smallest absolute Gasteiger partial charge is 0.335 e. The van der Waals surface area contributed by atoms with Gasteiger partial charge in [-0.05, 0) is 29.8 Å². The van der Waals surface area contributed by atoms with Crippen molar-refractivity contribution in [2.45, 2.75) is 6.61 Å². The van der Waals surface area contributed by atoms with E-state index in [0.717, 1.165) is 5.56 Å². The lowest BCUT2D eigenvalue weighted by Crippen LogP contribution is -2.03. The van der Waals surface area contributed by atoms with Crippen molar-refractivity contribution in [1.29, 1.82) is 0 Å². The highest BCUT2D eigenvalue weighted by Gasteiger charge is 2.22. The third-order valence-electron chi connectivity index (χ3n) is 4.22. The number of nitro benzene ring substituents is 1. The molecule has 9 nitrogen and oxygen atoms in total. The molecule has 3 rings (SSSR count). The summed E-state index contributed by atoms with van der Waals surface area (Å²) in [6.07, 6.45) is 1.37. The molecular weight excluding hydrogens is 402 g/mol. The molecule has 3 aromatic rings. The van der Waals surface area contributed by atoms with Crippen LogP contribution in [0.25, 0.3) is 0 Å². The van der Waals surface area contributed by atoms with E-state index in [1.54, 1.807) is 18.2 Å². The molecular formula is C22H19N3O6. The number of ether oxygens (including phenoxy) is 2. The minimum absolute atomic E-state index is 0.0237. The summed E-state index contributed by atoms with van der Waals surface area (Å²) in [5.41, 5.74) is 4.27. The standard InChI is InChI=1S/C22H19N3O6/c1-30-20-11-16(13-23-24-18-9-5-8-17(12-18)22(26)27)10-19(25(28)29)21(20)31-14-15-6-3-2-4-7-15/h2-13,24H,14H2,1H3,(H,26,27)/b23-13+. The van der Waals surface area contributed by atoms with Gasteiger partial charge in [-0.3, -0.25) is 15.5 Å². The number of nitrogens with zero attached hydrogens (tertiary/aromatic N) is 2. The Morgan fingerprint density at radius 3 is 2.61 bits per heavy atom. The van der Waals surface area contributed by atoms with Crippen LogP contribution in [-0.4, -0.2) is 29.3 Å².